The van der Waals surface area contributed by atoms with Crippen molar-refractivity contribution < 1.29 is 31.6 Å². The quantitative estimate of drug-likeness (QED) is 0.693. The molecule has 0 aliphatic carbocycles. The molecule has 1 atom stereocenters. The van der Waals surface area contributed by atoms with E-state index < -0.39 is 22.3 Å². The maximum atomic E-state index is 12.4. The normalized spacial score (nSPS) is 15.8. The van der Waals surface area contributed by atoms with Gasteiger partial charge in [-0.05, 0) is 38.1 Å². The number of benzene rings is 2. The lowest BCUT2D eigenvalue weighted by Crippen LogP contribution is -2.34. The lowest BCUT2D eigenvalue weighted by Gasteiger charge is -2.28. The standard InChI is InChI=1S/C21H23NO7S/c1-4-5-17-18(22-21(23)26-3)10-11-19-20(17)29-15(12-27-19)13-28-30(24,25)16-8-6-14(2)7-9-16/h4-11,15H,12-13H2,1-3H3,(H,22,23)/b5-4-. The van der Waals surface area contributed by atoms with Crippen LogP contribution in [-0.4, -0.2) is 40.9 Å². The van der Waals surface area contributed by atoms with E-state index in [0.29, 0.717) is 22.7 Å². The Morgan fingerprint density at radius 2 is 1.97 bits per heavy atom. The van der Waals surface area contributed by atoms with Crippen molar-refractivity contribution in [1.29, 1.82) is 0 Å². The van der Waals surface area contributed by atoms with E-state index in [1.165, 1.54) is 19.2 Å². The predicted molar refractivity (Wildman–Crippen MR) is 111 cm³/mol. The van der Waals surface area contributed by atoms with Crippen LogP contribution in [0.5, 0.6) is 11.5 Å². The van der Waals surface area contributed by atoms with Gasteiger partial charge in [-0.2, -0.15) is 8.42 Å². The fraction of sp³-hybridized carbons (Fsp3) is 0.286. The highest BCUT2D eigenvalue weighted by molar-refractivity contribution is 7.86. The van der Waals surface area contributed by atoms with Crippen LogP contribution < -0.4 is 14.8 Å². The summed E-state index contributed by atoms with van der Waals surface area (Å²) in [6.45, 7) is 3.59. The molecule has 30 heavy (non-hydrogen) atoms. The zero-order valence-electron chi connectivity index (χ0n) is 16.9. The summed E-state index contributed by atoms with van der Waals surface area (Å²) in [7, 11) is -2.66. The molecular weight excluding hydrogens is 410 g/mol. The second kappa shape index (κ2) is 9.19. The van der Waals surface area contributed by atoms with Crippen molar-refractivity contribution in [3.63, 3.8) is 0 Å². The third-order valence-electron chi connectivity index (χ3n) is 4.34. The van der Waals surface area contributed by atoms with Crippen molar-refractivity contribution in [2.75, 3.05) is 25.6 Å². The SMILES string of the molecule is C/C=C\c1c(NC(=O)OC)ccc2c1OC(COS(=O)(=O)c1ccc(C)cc1)CO2. The van der Waals surface area contributed by atoms with Gasteiger partial charge in [-0.25, -0.2) is 4.79 Å². The van der Waals surface area contributed by atoms with Gasteiger partial charge in [0.05, 0.1) is 17.7 Å². The Bertz CT molecular complexity index is 1050. The largest absolute Gasteiger partial charge is 0.486 e. The van der Waals surface area contributed by atoms with Gasteiger partial charge in [-0.15, -0.1) is 0 Å². The van der Waals surface area contributed by atoms with Gasteiger partial charge < -0.3 is 14.2 Å². The second-order valence-electron chi connectivity index (χ2n) is 6.57. The van der Waals surface area contributed by atoms with E-state index in [9.17, 15) is 13.2 Å². The van der Waals surface area contributed by atoms with Crippen LogP contribution in [0.25, 0.3) is 6.08 Å². The first-order chi connectivity index (χ1) is 14.3. The van der Waals surface area contributed by atoms with E-state index in [2.05, 4.69) is 10.1 Å². The predicted octanol–water partition coefficient (Wildman–Crippen LogP) is 3.75. The van der Waals surface area contributed by atoms with Crippen LogP contribution >= 0.6 is 0 Å². The van der Waals surface area contributed by atoms with Gasteiger partial charge in [0, 0.05) is 5.56 Å². The molecule has 1 aliphatic heterocycles. The molecule has 9 heteroatoms. The molecule has 0 spiro atoms. The maximum absolute atomic E-state index is 12.4. The molecule has 0 saturated heterocycles. The Labute approximate surface area is 175 Å². The zero-order chi connectivity index (χ0) is 21.7. The number of carbonyl (C=O) groups excluding carboxylic acids is 1. The van der Waals surface area contributed by atoms with Crippen LogP contribution in [0, 0.1) is 6.92 Å². The van der Waals surface area contributed by atoms with E-state index in [1.807, 2.05) is 13.8 Å². The average Bonchev–Trinajstić information content (AvgIpc) is 2.74. The second-order valence-corrected chi connectivity index (χ2v) is 8.19. The lowest BCUT2D eigenvalue weighted by atomic mass is 10.1. The number of allylic oxidation sites excluding steroid dienone is 1. The summed E-state index contributed by atoms with van der Waals surface area (Å²) >= 11 is 0. The molecule has 3 rings (SSSR count). The Balaban J connectivity index is 1.77. The van der Waals surface area contributed by atoms with Crippen molar-refractivity contribution in [3.8, 4) is 11.5 Å². The third kappa shape index (κ3) is 4.92. The molecule has 0 fully saturated rings. The summed E-state index contributed by atoms with van der Waals surface area (Å²) in [6, 6.07) is 9.72. The number of rotatable bonds is 6. The number of anilines is 1. The van der Waals surface area contributed by atoms with Gasteiger partial charge in [0.2, 0.25) is 0 Å². The Hall–Kier alpha value is -3.04. The van der Waals surface area contributed by atoms with Crippen molar-refractivity contribution in [1.82, 2.24) is 0 Å². The van der Waals surface area contributed by atoms with E-state index in [4.69, 9.17) is 13.7 Å². The van der Waals surface area contributed by atoms with Crippen molar-refractivity contribution in [2.24, 2.45) is 0 Å². The molecule has 1 amide bonds. The molecular formula is C21H23NO7S. The molecule has 8 nitrogen and oxygen atoms in total. The number of nitrogens with one attached hydrogen (secondary N) is 1. The molecule has 0 radical (unpaired) electrons. The molecule has 2 aromatic carbocycles. The first-order valence-electron chi connectivity index (χ1n) is 9.24. The van der Waals surface area contributed by atoms with E-state index >= 15 is 0 Å². The number of carbonyl (C=O) groups is 1. The Morgan fingerprint density at radius 3 is 2.63 bits per heavy atom. The van der Waals surface area contributed by atoms with E-state index in [1.54, 1.807) is 36.4 Å². The molecule has 160 valence electrons. The van der Waals surface area contributed by atoms with E-state index in [0.717, 1.165) is 5.56 Å². The smallest absolute Gasteiger partial charge is 0.411 e. The van der Waals surface area contributed by atoms with Crippen LogP contribution in [0.4, 0.5) is 10.5 Å². The summed E-state index contributed by atoms with van der Waals surface area (Å²) in [4.78, 5) is 11.7. The molecule has 2 aromatic rings. The minimum atomic E-state index is -3.92. The number of hydrogen-bond donors (Lipinski definition) is 1. The number of aryl methyl sites for hydroxylation is 1. The number of amides is 1. The van der Waals surface area contributed by atoms with E-state index in [-0.39, 0.29) is 18.1 Å². The van der Waals surface area contributed by atoms with Crippen molar-refractivity contribution in [3.05, 3.63) is 53.6 Å². The third-order valence-corrected chi connectivity index (χ3v) is 5.64. The maximum Gasteiger partial charge on any atom is 0.411 e. The van der Waals surface area contributed by atoms with Crippen LogP contribution in [0.1, 0.15) is 18.1 Å². The van der Waals surface area contributed by atoms with Gasteiger partial charge in [0.25, 0.3) is 10.1 Å². The van der Waals surface area contributed by atoms with Gasteiger partial charge in [-0.1, -0.05) is 29.8 Å². The Kier molecular flexibility index (Phi) is 6.63. The monoisotopic (exact) mass is 433 g/mol. The molecule has 0 aromatic heterocycles. The van der Waals surface area contributed by atoms with Gasteiger partial charge in [0.1, 0.15) is 13.2 Å². The summed E-state index contributed by atoms with van der Waals surface area (Å²) in [5.74, 6) is 0.866. The highest BCUT2D eigenvalue weighted by Gasteiger charge is 2.27. The average molecular weight is 433 g/mol. The highest BCUT2D eigenvalue weighted by atomic mass is 32.2. The molecule has 1 N–H and O–H groups in total. The van der Waals surface area contributed by atoms with Crippen LogP contribution in [0.2, 0.25) is 0 Å². The minimum absolute atomic E-state index is 0.0735. The lowest BCUT2D eigenvalue weighted by molar-refractivity contribution is 0.0553. The number of hydrogen-bond acceptors (Lipinski definition) is 7. The zero-order valence-corrected chi connectivity index (χ0v) is 17.7. The fourth-order valence-corrected chi connectivity index (χ4v) is 3.76. The highest BCUT2D eigenvalue weighted by Crippen LogP contribution is 2.40. The fourth-order valence-electron chi connectivity index (χ4n) is 2.82. The van der Waals surface area contributed by atoms with Gasteiger partial charge >= 0.3 is 6.09 Å². The first-order valence-corrected chi connectivity index (χ1v) is 10.6. The molecule has 1 unspecified atom stereocenters. The molecule has 0 bridgehead atoms. The summed E-state index contributed by atoms with van der Waals surface area (Å²) in [5.41, 5.74) is 1.99. The molecule has 1 aliphatic rings. The Morgan fingerprint density at radius 1 is 1.23 bits per heavy atom. The molecule has 0 saturated carbocycles. The molecule has 1 heterocycles. The number of ether oxygens (including phenoxy) is 3. The number of methoxy groups -OCH3 is 1. The van der Waals surface area contributed by atoms with Crippen molar-refractivity contribution in [2.45, 2.75) is 24.8 Å². The summed E-state index contributed by atoms with van der Waals surface area (Å²) in [5, 5.41) is 2.62. The van der Waals surface area contributed by atoms with Crippen LogP contribution in [0.3, 0.4) is 0 Å². The summed E-state index contributed by atoms with van der Waals surface area (Å²) in [6.07, 6.45) is 2.25. The van der Waals surface area contributed by atoms with Gasteiger partial charge in [0.15, 0.2) is 17.6 Å². The van der Waals surface area contributed by atoms with Crippen molar-refractivity contribution >= 4 is 28.0 Å². The first kappa shape index (κ1) is 21.7. The minimum Gasteiger partial charge on any atom is -0.486 e. The van der Waals surface area contributed by atoms with Crippen LogP contribution in [-0.2, 0) is 19.0 Å². The number of fused-ring (bicyclic) bond motifs is 1. The van der Waals surface area contributed by atoms with Gasteiger partial charge in [-0.3, -0.25) is 9.50 Å². The summed E-state index contributed by atoms with van der Waals surface area (Å²) < 4.78 is 46.3. The topological polar surface area (TPSA) is 100 Å². The van der Waals surface area contributed by atoms with Crippen LogP contribution in [0.15, 0.2) is 47.4 Å².